The monoisotopic (exact) mass is 378 g/mol. The summed E-state index contributed by atoms with van der Waals surface area (Å²) in [5.74, 6) is -0.372. The number of hydrogen-bond acceptors (Lipinski definition) is 7. The van der Waals surface area contributed by atoms with E-state index in [4.69, 9.17) is 8.92 Å². The van der Waals surface area contributed by atoms with Crippen LogP contribution in [0.15, 0.2) is 11.6 Å². The molecule has 1 rings (SSSR count). The van der Waals surface area contributed by atoms with Crippen molar-refractivity contribution in [2.45, 2.75) is 76.8 Å². The maximum atomic E-state index is 11.4. The lowest BCUT2D eigenvalue weighted by Crippen LogP contribution is -2.40. The van der Waals surface area contributed by atoms with Crippen LogP contribution in [0, 0.1) is 0 Å². The van der Waals surface area contributed by atoms with Crippen LogP contribution in [0.3, 0.4) is 0 Å². The minimum atomic E-state index is -3.65. The SMILES string of the molecule is COC(=O)/C=C(\C)CC[C@@H]1O[C@@]1(C)CC[C@H](OS(C)(=O)=O)C(C)(C)O. The van der Waals surface area contributed by atoms with Gasteiger partial charge in [0.25, 0.3) is 10.1 Å². The van der Waals surface area contributed by atoms with Gasteiger partial charge in [-0.25, -0.2) is 4.79 Å². The number of methoxy groups -OCH3 is 1. The molecule has 25 heavy (non-hydrogen) atoms. The van der Waals surface area contributed by atoms with Gasteiger partial charge in [0.15, 0.2) is 0 Å². The summed E-state index contributed by atoms with van der Waals surface area (Å²) in [5.41, 5.74) is -0.723. The highest BCUT2D eigenvalue weighted by molar-refractivity contribution is 7.86. The molecule has 146 valence electrons. The van der Waals surface area contributed by atoms with E-state index in [1.165, 1.54) is 27.0 Å². The van der Waals surface area contributed by atoms with Crippen LogP contribution < -0.4 is 0 Å². The molecule has 0 unspecified atom stereocenters. The second-order valence-electron chi connectivity index (χ2n) is 7.45. The summed E-state index contributed by atoms with van der Waals surface area (Å²) in [6, 6.07) is 0. The van der Waals surface area contributed by atoms with Crippen molar-refractivity contribution in [3.63, 3.8) is 0 Å². The highest BCUT2D eigenvalue weighted by Gasteiger charge is 2.51. The Hall–Kier alpha value is -0.960. The highest BCUT2D eigenvalue weighted by atomic mass is 32.2. The van der Waals surface area contributed by atoms with Crippen LogP contribution >= 0.6 is 0 Å². The highest BCUT2D eigenvalue weighted by Crippen LogP contribution is 2.44. The van der Waals surface area contributed by atoms with Crippen molar-refractivity contribution in [1.82, 2.24) is 0 Å². The molecule has 1 fully saturated rings. The van der Waals surface area contributed by atoms with E-state index in [0.29, 0.717) is 19.3 Å². The maximum absolute atomic E-state index is 11.4. The zero-order valence-electron chi connectivity index (χ0n) is 15.9. The van der Waals surface area contributed by atoms with Crippen molar-refractivity contribution in [2.75, 3.05) is 13.4 Å². The Bertz CT molecular complexity index is 603. The van der Waals surface area contributed by atoms with E-state index in [0.717, 1.165) is 18.2 Å². The molecule has 0 bridgehead atoms. The van der Waals surface area contributed by atoms with Crippen LogP contribution in [-0.2, 0) is 28.6 Å². The number of allylic oxidation sites excluding steroid dienone is 1. The molecule has 1 N–H and O–H groups in total. The minimum Gasteiger partial charge on any atom is -0.466 e. The third-order valence-corrected chi connectivity index (χ3v) is 4.97. The van der Waals surface area contributed by atoms with E-state index in [2.05, 4.69) is 4.74 Å². The van der Waals surface area contributed by atoms with E-state index >= 15 is 0 Å². The molecule has 1 aliphatic heterocycles. The topological polar surface area (TPSA) is 102 Å². The molecule has 0 saturated carbocycles. The molecule has 0 spiro atoms. The van der Waals surface area contributed by atoms with E-state index in [1.807, 2.05) is 13.8 Å². The van der Waals surface area contributed by atoms with Gasteiger partial charge in [-0.1, -0.05) is 5.57 Å². The van der Waals surface area contributed by atoms with E-state index in [-0.39, 0.29) is 17.7 Å². The average Bonchev–Trinajstić information content (AvgIpc) is 3.10. The molecule has 0 aromatic heterocycles. The third kappa shape index (κ3) is 7.85. The summed E-state index contributed by atoms with van der Waals surface area (Å²) in [6.45, 7) is 6.87. The van der Waals surface area contributed by atoms with Crippen molar-refractivity contribution in [1.29, 1.82) is 0 Å². The lowest BCUT2D eigenvalue weighted by molar-refractivity contribution is -0.134. The fourth-order valence-corrected chi connectivity index (χ4v) is 3.47. The lowest BCUT2D eigenvalue weighted by Gasteiger charge is -2.28. The number of ether oxygens (including phenoxy) is 2. The van der Waals surface area contributed by atoms with Gasteiger partial charge in [0.05, 0.1) is 30.7 Å². The number of hydrogen-bond donors (Lipinski definition) is 1. The van der Waals surface area contributed by atoms with Crippen LogP contribution in [-0.4, -0.2) is 56.3 Å². The first-order chi connectivity index (χ1) is 11.3. The van der Waals surface area contributed by atoms with E-state index in [1.54, 1.807) is 0 Å². The Kier molecular flexibility index (Phi) is 7.21. The fourth-order valence-electron chi connectivity index (χ4n) is 2.71. The van der Waals surface area contributed by atoms with Gasteiger partial charge in [-0.15, -0.1) is 0 Å². The molecule has 0 radical (unpaired) electrons. The Morgan fingerprint density at radius 3 is 2.52 bits per heavy atom. The first kappa shape index (κ1) is 22.1. The third-order valence-electron chi connectivity index (χ3n) is 4.38. The van der Waals surface area contributed by atoms with Gasteiger partial charge in [-0.3, -0.25) is 4.18 Å². The summed E-state index contributed by atoms with van der Waals surface area (Å²) in [6.07, 6.45) is 4.05. The van der Waals surface area contributed by atoms with E-state index in [9.17, 15) is 18.3 Å². The number of epoxide rings is 1. The van der Waals surface area contributed by atoms with Gasteiger partial charge in [-0.05, 0) is 53.4 Å². The standard InChI is InChI=1S/C17H30O7S/c1-12(11-15(18)22-5)7-8-14-17(4,23-14)10-9-13(16(2,3)19)24-25(6,20)21/h11,13-14,19H,7-10H2,1-6H3/b12-11+/t13-,14-,17-/m0/s1. The summed E-state index contributed by atoms with van der Waals surface area (Å²) in [4.78, 5) is 11.2. The first-order valence-electron chi connectivity index (χ1n) is 8.30. The predicted octanol–water partition coefficient (Wildman–Crippen LogP) is 1.94. The van der Waals surface area contributed by atoms with Gasteiger partial charge in [0, 0.05) is 6.08 Å². The predicted molar refractivity (Wildman–Crippen MR) is 93.5 cm³/mol. The second kappa shape index (κ2) is 8.16. The first-order valence-corrected chi connectivity index (χ1v) is 10.1. The maximum Gasteiger partial charge on any atom is 0.330 e. The Balaban J connectivity index is 2.52. The quantitative estimate of drug-likeness (QED) is 0.268. The largest absolute Gasteiger partial charge is 0.466 e. The Morgan fingerprint density at radius 1 is 1.44 bits per heavy atom. The number of esters is 1. The van der Waals surface area contributed by atoms with Crippen molar-refractivity contribution < 1.29 is 32.0 Å². The molecular weight excluding hydrogens is 348 g/mol. The van der Waals surface area contributed by atoms with Crippen LogP contribution in [0.4, 0.5) is 0 Å². The lowest BCUT2D eigenvalue weighted by atomic mass is 9.91. The van der Waals surface area contributed by atoms with Crippen LogP contribution in [0.25, 0.3) is 0 Å². The van der Waals surface area contributed by atoms with Crippen molar-refractivity contribution in [3.8, 4) is 0 Å². The number of carbonyl (C=O) groups is 1. The van der Waals surface area contributed by atoms with Gasteiger partial charge >= 0.3 is 5.97 Å². The molecule has 1 aliphatic rings. The molecule has 0 aliphatic carbocycles. The average molecular weight is 378 g/mol. The van der Waals surface area contributed by atoms with Gasteiger partial charge in [0.2, 0.25) is 0 Å². The van der Waals surface area contributed by atoms with Crippen molar-refractivity contribution >= 4 is 16.1 Å². The van der Waals surface area contributed by atoms with Gasteiger partial charge < -0.3 is 14.6 Å². The van der Waals surface area contributed by atoms with E-state index < -0.39 is 21.8 Å². The summed E-state index contributed by atoms with van der Waals surface area (Å²) in [7, 11) is -2.32. The molecule has 1 saturated heterocycles. The number of rotatable bonds is 10. The van der Waals surface area contributed by atoms with Crippen LogP contribution in [0.1, 0.15) is 53.4 Å². The number of carbonyl (C=O) groups excluding carboxylic acids is 1. The second-order valence-corrected chi connectivity index (χ2v) is 9.05. The molecular formula is C17H30O7S. The van der Waals surface area contributed by atoms with Gasteiger partial charge in [0.1, 0.15) is 6.10 Å². The Labute approximate surface area is 150 Å². The summed E-state index contributed by atoms with van der Waals surface area (Å²) < 4.78 is 38.1. The normalized spacial score (nSPS) is 25.6. The molecule has 7 nitrogen and oxygen atoms in total. The Morgan fingerprint density at radius 2 is 2.04 bits per heavy atom. The zero-order valence-corrected chi connectivity index (χ0v) is 16.7. The van der Waals surface area contributed by atoms with Crippen molar-refractivity contribution in [3.05, 3.63) is 11.6 Å². The summed E-state index contributed by atoms with van der Waals surface area (Å²) >= 11 is 0. The number of aliphatic hydroxyl groups is 1. The van der Waals surface area contributed by atoms with Gasteiger partial charge in [-0.2, -0.15) is 8.42 Å². The molecule has 0 aromatic carbocycles. The molecule has 1 heterocycles. The summed E-state index contributed by atoms with van der Waals surface area (Å²) in [5, 5.41) is 10.1. The fraction of sp³-hybridized carbons (Fsp3) is 0.824. The smallest absolute Gasteiger partial charge is 0.330 e. The molecule has 0 amide bonds. The van der Waals surface area contributed by atoms with Crippen LogP contribution in [0.5, 0.6) is 0 Å². The minimum absolute atomic E-state index is 0.0363. The molecule has 3 atom stereocenters. The van der Waals surface area contributed by atoms with Crippen LogP contribution in [0.2, 0.25) is 0 Å². The van der Waals surface area contributed by atoms with Crippen molar-refractivity contribution in [2.24, 2.45) is 0 Å². The molecule has 0 aromatic rings. The molecule has 8 heteroatoms. The zero-order chi connectivity index (χ0) is 19.5.